The molecule has 116 valence electrons. The Labute approximate surface area is 132 Å². The van der Waals surface area contributed by atoms with Crippen LogP contribution in [0.15, 0.2) is 24.3 Å². The predicted octanol–water partition coefficient (Wildman–Crippen LogP) is 3.05. The SMILES string of the molecule is Cc1cc[c]([Fe][C](F)(F)F)cc1-c1cc(C#N)c(N)nc1C. The van der Waals surface area contributed by atoms with E-state index < -0.39 is 20.0 Å². The number of hydrogen-bond acceptors (Lipinski definition) is 3. The maximum absolute atomic E-state index is 12.6. The summed E-state index contributed by atoms with van der Waals surface area (Å²) < 4.78 is 37.8. The monoisotopic (exact) mass is 347 g/mol. The molecule has 0 aliphatic carbocycles. The molecule has 0 amide bonds. The third-order valence-electron chi connectivity index (χ3n) is 3.05. The van der Waals surface area contributed by atoms with Crippen molar-refractivity contribution in [3.63, 3.8) is 0 Å². The van der Waals surface area contributed by atoms with Crippen molar-refractivity contribution < 1.29 is 28.1 Å². The number of benzene rings is 1. The number of aromatic nitrogens is 1. The first kappa shape index (κ1) is 16.3. The Balaban J connectivity index is 2.58. The summed E-state index contributed by atoms with van der Waals surface area (Å²) in [5.41, 5.74) is 8.49. The Hall–Kier alpha value is -2.03. The summed E-state index contributed by atoms with van der Waals surface area (Å²) in [5.74, 6) is 0.118. The van der Waals surface area contributed by atoms with Crippen LogP contribution in [0, 0.1) is 25.2 Å². The molecule has 1 aromatic heterocycles. The zero-order valence-corrected chi connectivity index (χ0v) is 12.9. The molecule has 3 nitrogen and oxygen atoms in total. The van der Waals surface area contributed by atoms with Crippen LogP contribution < -0.4 is 10.2 Å². The summed E-state index contributed by atoms with van der Waals surface area (Å²) >= 11 is -0.993. The summed E-state index contributed by atoms with van der Waals surface area (Å²) in [5, 5.41) is 4.77. The van der Waals surface area contributed by atoms with Gasteiger partial charge in [-0.15, -0.1) is 0 Å². The van der Waals surface area contributed by atoms with E-state index in [4.69, 9.17) is 11.0 Å². The molecule has 2 N–H and O–H groups in total. The molecule has 0 saturated heterocycles. The minimum atomic E-state index is -4.27. The fourth-order valence-corrected chi connectivity index (χ4v) is 2.82. The molecule has 1 heterocycles. The molecule has 0 spiro atoms. The van der Waals surface area contributed by atoms with Crippen LogP contribution in [0.5, 0.6) is 0 Å². The molecule has 1 aromatic carbocycles. The van der Waals surface area contributed by atoms with Crippen molar-refractivity contribution >= 4 is 10.3 Å². The van der Waals surface area contributed by atoms with Crippen molar-refractivity contribution in [3.05, 3.63) is 41.1 Å². The van der Waals surface area contributed by atoms with Gasteiger partial charge in [-0.05, 0) is 0 Å². The molecule has 0 atom stereocenters. The van der Waals surface area contributed by atoms with Gasteiger partial charge in [0.15, 0.2) is 0 Å². The Morgan fingerprint density at radius 2 is 1.86 bits per heavy atom. The summed E-state index contributed by atoms with van der Waals surface area (Å²) in [4.78, 5) is 4.10. The summed E-state index contributed by atoms with van der Waals surface area (Å²) in [6.45, 7) is 3.51. The van der Waals surface area contributed by atoms with Gasteiger partial charge in [0, 0.05) is 0 Å². The first-order valence-corrected chi connectivity index (χ1v) is 7.30. The zero-order chi connectivity index (χ0) is 16.5. The van der Waals surface area contributed by atoms with Crippen LogP contribution in [0.3, 0.4) is 0 Å². The second-order valence-corrected chi connectivity index (χ2v) is 6.15. The number of nitrogens with two attached hydrogens (primary N) is 1. The van der Waals surface area contributed by atoms with Gasteiger partial charge < -0.3 is 0 Å². The van der Waals surface area contributed by atoms with Crippen molar-refractivity contribution in [1.29, 1.82) is 5.26 Å². The Morgan fingerprint density at radius 3 is 2.45 bits per heavy atom. The van der Waals surface area contributed by atoms with Gasteiger partial charge in [0.05, 0.1) is 0 Å². The number of nitrogens with zero attached hydrogens (tertiary/aromatic N) is 2. The quantitative estimate of drug-likeness (QED) is 0.850. The molecule has 0 radical (unpaired) electrons. The molecular formula is C15H12F3FeN3. The van der Waals surface area contributed by atoms with Gasteiger partial charge in [0.2, 0.25) is 0 Å². The molecule has 0 saturated carbocycles. The van der Waals surface area contributed by atoms with Crippen molar-refractivity contribution in [2.24, 2.45) is 0 Å². The van der Waals surface area contributed by atoms with Crippen LogP contribution in [0.4, 0.5) is 19.0 Å². The van der Waals surface area contributed by atoms with Gasteiger partial charge in [-0.25, -0.2) is 0 Å². The number of hydrogen-bond donors (Lipinski definition) is 1. The second-order valence-electron chi connectivity index (χ2n) is 4.61. The molecular weight excluding hydrogens is 335 g/mol. The number of alkyl halides is 3. The molecule has 7 heteroatoms. The zero-order valence-electron chi connectivity index (χ0n) is 11.8. The van der Waals surface area contributed by atoms with Gasteiger partial charge in [-0.3, -0.25) is 0 Å². The summed E-state index contributed by atoms with van der Waals surface area (Å²) in [7, 11) is 0. The Bertz CT molecular complexity index is 764. The second kappa shape index (κ2) is 5.99. The normalized spacial score (nSPS) is 11.5. The van der Waals surface area contributed by atoms with Crippen LogP contribution in [0.25, 0.3) is 11.1 Å². The number of halogens is 3. The minimum absolute atomic E-state index is 0.118. The van der Waals surface area contributed by atoms with E-state index in [2.05, 4.69) is 4.98 Å². The third kappa shape index (κ3) is 3.59. The summed E-state index contributed by atoms with van der Waals surface area (Å²) in [6, 6.07) is 8.09. The number of nitriles is 1. The average molecular weight is 347 g/mol. The molecule has 22 heavy (non-hydrogen) atoms. The first-order chi connectivity index (χ1) is 10.2. The van der Waals surface area contributed by atoms with Gasteiger partial charge in [0.25, 0.3) is 0 Å². The van der Waals surface area contributed by atoms with E-state index in [1.807, 2.05) is 6.07 Å². The van der Waals surface area contributed by atoms with E-state index in [1.54, 1.807) is 26.0 Å². The first-order valence-electron chi connectivity index (χ1n) is 6.20. The third-order valence-corrected chi connectivity index (χ3v) is 4.02. The van der Waals surface area contributed by atoms with Crippen molar-refractivity contribution in [2.75, 3.05) is 5.73 Å². The molecule has 2 rings (SSSR count). The molecule has 0 unspecified atom stereocenters. The van der Waals surface area contributed by atoms with Crippen molar-refractivity contribution in [2.45, 2.75) is 18.9 Å². The molecule has 2 aromatic rings. The number of nitrogen functional groups attached to an aromatic ring is 1. The van der Waals surface area contributed by atoms with Crippen LogP contribution >= 0.6 is 0 Å². The number of rotatable bonds is 2. The Morgan fingerprint density at radius 1 is 1.18 bits per heavy atom. The standard InChI is InChI=1S/C14H12N3.CF3.Fe/c1-9-5-3-4-6-12(9)13-7-11(8-15)14(16)17-10(13)2;2-1(3)4;/h3,5-7H,1-2H3,(H2,16,17);;. The van der Waals surface area contributed by atoms with Crippen LogP contribution in [-0.4, -0.2) is 10.1 Å². The number of aryl methyl sites for hydroxylation is 2. The summed E-state index contributed by atoms with van der Waals surface area (Å²) in [6.07, 6.45) is 0. The molecule has 0 aliphatic heterocycles. The van der Waals surface area contributed by atoms with Gasteiger partial charge >= 0.3 is 132 Å². The molecule has 0 fully saturated rings. The average Bonchev–Trinajstić information content (AvgIpc) is 2.40. The Kier molecular flexibility index (Phi) is 4.45. The van der Waals surface area contributed by atoms with Crippen LogP contribution in [0.1, 0.15) is 16.8 Å². The van der Waals surface area contributed by atoms with Gasteiger partial charge in [-0.2, -0.15) is 0 Å². The molecule has 0 aliphatic rings. The van der Waals surface area contributed by atoms with Crippen LogP contribution in [0.2, 0.25) is 0 Å². The van der Waals surface area contributed by atoms with E-state index in [0.717, 1.165) is 5.56 Å². The van der Waals surface area contributed by atoms with Crippen molar-refractivity contribution in [1.82, 2.24) is 4.98 Å². The topological polar surface area (TPSA) is 62.7 Å². The van der Waals surface area contributed by atoms with E-state index in [-0.39, 0.29) is 15.8 Å². The van der Waals surface area contributed by atoms with E-state index in [0.29, 0.717) is 16.8 Å². The van der Waals surface area contributed by atoms with E-state index in [9.17, 15) is 13.2 Å². The number of pyridine rings is 1. The van der Waals surface area contributed by atoms with E-state index >= 15 is 0 Å². The number of anilines is 1. The van der Waals surface area contributed by atoms with Crippen LogP contribution in [-0.2, 0) is 15.0 Å². The fraction of sp³-hybridized carbons (Fsp3) is 0.200. The van der Waals surface area contributed by atoms with Gasteiger partial charge in [-0.1, -0.05) is 0 Å². The molecule has 0 bridgehead atoms. The van der Waals surface area contributed by atoms with Crippen molar-refractivity contribution in [3.8, 4) is 17.2 Å². The maximum atomic E-state index is 12.6. The van der Waals surface area contributed by atoms with Gasteiger partial charge in [0.1, 0.15) is 0 Å². The predicted molar refractivity (Wildman–Crippen MR) is 74.0 cm³/mol. The fourth-order valence-electron chi connectivity index (χ4n) is 2.04. The van der Waals surface area contributed by atoms with E-state index in [1.165, 1.54) is 12.1 Å².